The van der Waals surface area contributed by atoms with Crippen LogP contribution in [0.2, 0.25) is 0 Å². The first-order valence-corrected chi connectivity index (χ1v) is 6.23. The number of carbonyl (C=O) groups excluding carboxylic acids is 1. The van der Waals surface area contributed by atoms with Gasteiger partial charge in [-0.1, -0.05) is 0 Å². The Kier molecular flexibility index (Phi) is 3.37. The molecule has 1 aliphatic heterocycles. The van der Waals surface area contributed by atoms with E-state index < -0.39 is 0 Å². The first kappa shape index (κ1) is 12.6. The van der Waals surface area contributed by atoms with Crippen LogP contribution in [0.25, 0.3) is 0 Å². The third kappa shape index (κ3) is 2.10. The number of nitrogens with zero attached hydrogens (tertiary/aromatic N) is 4. The zero-order valence-corrected chi connectivity index (χ0v) is 11.1. The smallest absolute Gasteiger partial charge is 0.257 e. The number of likely N-dealkylation sites (tertiary alicyclic amines) is 1. The van der Waals surface area contributed by atoms with Gasteiger partial charge in [-0.25, -0.2) is 0 Å². The van der Waals surface area contributed by atoms with Crippen molar-refractivity contribution in [2.24, 2.45) is 13.0 Å². The second-order valence-electron chi connectivity index (χ2n) is 4.89. The predicted molar refractivity (Wildman–Crippen MR) is 66.9 cm³/mol. The quantitative estimate of drug-likeness (QED) is 0.752. The monoisotopic (exact) mass is 246 g/mol. The molecule has 1 fully saturated rings. The molecule has 1 saturated heterocycles. The van der Waals surface area contributed by atoms with Gasteiger partial charge in [0.25, 0.3) is 5.91 Å². The highest BCUT2D eigenvalue weighted by Gasteiger charge is 2.27. The molecule has 0 spiro atoms. The van der Waals surface area contributed by atoms with Gasteiger partial charge in [0.2, 0.25) is 0 Å². The van der Waals surface area contributed by atoms with E-state index in [1.54, 1.807) is 9.58 Å². The largest absolute Gasteiger partial charge is 0.337 e. The Bertz CT molecular complexity index is 512. The van der Waals surface area contributed by atoms with Crippen LogP contribution in [0.5, 0.6) is 0 Å². The highest BCUT2D eigenvalue weighted by atomic mass is 16.2. The topological polar surface area (TPSA) is 61.9 Å². The maximum absolute atomic E-state index is 12.5. The summed E-state index contributed by atoms with van der Waals surface area (Å²) in [7, 11) is 1.84. The molecule has 0 aliphatic carbocycles. The molecule has 1 aliphatic rings. The Hall–Kier alpha value is -1.83. The summed E-state index contributed by atoms with van der Waals surface area (Å²) >= 11 is 0. The lowest BCUT2D eigenvalue weighted by Crippen LogP contribution is -2.39. The van der Waals surface area contributed by atoms with Crippen molar-refractivity contribution < 1.29 is 4.79 Å². The molecular formula is C13H18N4O. The van der Waals surface area contributed by atoms with E-state index >= 15 is 0 Å². The van der Waals surface area contributed by atoms with E-state index in [-0.39, 0.29) is 11.8 Å². The number of hydrogen-bond donors (Lipinski definition) is 0. The van der Waals surface area contributed by atoms with Crippen molar-refractivity contribution in [2.75, 3.05) is 13.1 Å². The molecule has 0 N–H and O–H groups in total. The molecule has 2 rings (SSSR count). The Morgan fingerprint density at radius 3 is 2.78 bits per heavy atom. The van der Waals surface area contributed by atoms with Crippen LogP contribution in [0.1, 0.15) is 34.6 Å². The first-order chi connectivity index (χ1) is 8.54. The van der Waals surface area contributed by atoms with Crippen LogP contribution in [0.4, 0.5) is 0 Å². The molecule has 18 heavy (non-hydrogen) atoms. The molecule has 1 unspecified atom stereocenters. The van der Waals surface area contributed by atoms with E-state index in [0.717, 1.165) is 30.8 Å². The summed E-state index contributed by atoms with van der Waals surface area (Å²) in [6.45, 7) is 5.04. The Morgan fingerprint density at radius 1 is 1.50 bits per heavy atom. The maximum Gasteiger partial charge on any atom is 0.257 e. The van der Waals surface area contributed by atoms with Crippen LogP contribution in [-0.2, 0) is 7.05 Å². The molecule has 96 valence electrons. The number of carbonyl (C=O) groups is 1. The van der Waals surface area contributed by atoms with Crippen molar-refractivity contribution in [3.05, 3.63) is 17.0 Å². The predicted octanol–water partition coefficient (Wildman–Crippen LogP) is 1.41. The summed E-state index contributed by atoms with van der Waals surface area (Å²) in [5.74, 6) is -0.0157. The van der Waals surface area contributed by atoms with Crippen molar-refractivity contribution in [2.45, 2.75) is 26.7 Å². The number of hydrogen-bond acceptors (Lipinski definition) is 3. The van der Waals surface area contributed by atoms with E-state index in [1.807, 2.05) is 20.9 Å². The summed E-state index contributed by atoms with van der Waals surface area (Å²) in [5.41, 5.74) is 2.34. The van der Waals surface area contributed by atoms with Crippen LogP contribution < -0.4 is 0 Å². The molecule has 0 bridgehead atoms. The van der Waals surface area contributed by atoms with E-state index in [9.17, 15) is 4.79 Å². The van der Waals surface area contributed by atoms with Gasteiger partial charge in [0, 0.05) is 25.8 Å². The summed E-state index contributed by atoms with van der Waals surface area (Å²) in [6, 6.07) is 2.26. The number of nitriles is 1. The molecule has 0 saturated carbocycles. The van der Waals surface area contributed by atoms with Gasteiger partial charge in [-0.15, -0.1) is 0 Å². The van der Waals surface area contributed by atoms with Crippen LogP contribution >= 0.6 is 0 Å². The standard InChI is InChI=1S/C13H18N4O/c1-9-12(10(2)16(3)15-9)13(18)17-6-4-5-11(7-14)8-17/h11H,4-6,8H2,1-3H3. The minimum Gasteiger partial charge on any atom is -0.337 e. The number of aryl methyl sites for hydroxylation is 2. The molecule has 5 nitrogen and oxygen atoms in total. The second-order valence-corrected chi connectivity index (χ2v) is 4.89. The van der Waals surface area contributed by atoms with Crippen LogP contribution in [0, 0.1) is 31.1 Å². The highest BCUT2D eigenvalue weighted by molar-refractivity contribution is 5.96. The van der Waals surface area contributed by atoms with Crippen molar-refractivity contribution in [3.8, 4) is 6.07 Å². The lowest BCUT2D eigenvalue weighted by Gasteiger charge is -2.29. The van der Waals surface area contributed by atoms with Gasteiger partial charge in [-0.05, 0) is 26.7 Å². The number of amides is 1. The Balaban J connectivity index is 2.24. The first-order valence-electron chi connectivity index (χ1n) is 6.23. The molecule has 1 amide bonds. The normalized spacial score (nSPS) is 19.7. The minimum atomic E-state index is -0.0278. The molecule has 1 atom stereocenters. The van der Waals surface area contributed by atoms with Crippen molar-refractivity contribution in [1.82, 2.24) is 14.7 Å². The van der Waals surface area contributed by atoms with Crippen LogP contribution in [0.3, 0.4) is 0 Å². The van der Waals surface area contributed by atoms with Crippen molar-refractivity contribution in [3.63, 3.8) is 0 Å². The van der Waals surface area contributed by atoms with Crippen LogP contribution in [0.15, 0.2) is 0 Å². The number of aromatic nitrogens is 2. The fourth-order valence-corrected chi connectivity index (χ4v) is 2.51. The average molecular weight is 246 g/mol. The van der Waals surface area contributed by atoms with Gasteiger partial charge in [-0.2, -0.15) is 10.4 Å². The number of piperidine rings is 1. The molecule has 0 radical (unpaired) electrons. The fraction of sp³-hybridized carbons (Fsp3) is 0.615. The zero-order chi connectivity index (χ0) is 13.3. The Labute approximate surface area is 107 Å². The van der Waals surface area contributed by atoms with E-state index in [1.165, 1.54) is 0 Å². The number of rotatable bonds is 1. The molecule has 1 aromatic rings. The van der Waals surface area contributed by atoms with Gasteiger partial charge >= 0.3 is 0 Å². The average Bonchev–Trinajstić information content (AvgIpc) is 2.62. The van der Waals surface area contributed by atoms with E-state index in [2.05, 4.69) is 11.2 Å². The summed E-state index contributed by atoms with van der Waals surface area (Å²) in [5, 5.41) is 13.2. The lowest BCUT2D eigenvalue weighted by molar-refractivity contribution is 0.0697. The Morgan fingerprint density at radius 2 is 2.22 bits per heavy atom. The summed E-state index contributed by atoms with van der Waals surface area (Å²) < 4.78 is 1.73. The third-order valence-corrected chi connectivity index (χ3v) is 3.61. The highest BCUT2D eigenvalue weighted by Crippen LogP contribution is 2.20. The van der Waals surface area contributed by atoms with Gasteiger partial charge < -0.3 is 4.90 Å². The molecule has 5 heteroatoms. The van der Waals surface area contributed by atoms with E-state index in [4.69, 9.17) is 5.26 Å². The molecule has 1 aromatic heterocycles. The minimum absolute atomic E-state index is 0.0121. The summed E-state index contributed by atoms with van der Waals surface area (Å²) in [6.07, 6.45) is 1.80. The van der Waals surface area contributed by atoms with Crippen molar-refractivity contribution in [1.29, 1.82) is 5.26 Å². The van der Waals surface area contributed by atoms with Gasteiger partial charge in [0.15, 0.2) is 0 Å². The third-order valence-electron chi connectivity index (χ3n) is 3.61. The zero-order valence-electron chi connectivity index (χ0n) is 11.1. The van der Waals surface area contributed by atoms with E-state index in [0.29, 0.717) is 12.1 Å². The van der Waals surface area contributed by atoms with Gasteiger partial charge in [0.05, 0.1) is 23.2 Å². The summed E-state index contributed by atoms with van der Waals surface area (Å²) in [4.78, 5) is 14.3. The second kappa shape index (κ2) is 4.81. The van der Waals surface area contributed by atoms with Crippen molar-refractivity contribution >= 4 is 5.91 Å². The fourth-order valence-electron chi connectivity index (χ4n) is 2.51. The van der Waals surface area contributed by atoms with Gasteiger partial charge in [-0.3, -0.25) is 9.48 Å². The van der Waals surface area contributed by atoms with Crippen LogP contribution in [-0.4, -0.2) is 33.7 Å². The SMILES string of the molecule is Cc1nn(C)c(C)c1C(=O)N1CCCC(C#N)C1. The molecule has 2 heterocycles. The molecular weight excluding hydrogens is 228 g/mol. The lowest BCUT2D eigenvalue weighted by atomic mass is 9.99. The van der Waals surface area contributed by atoms with Gasteiger partial charge in [0.1, 0.15) is 0 Å². The molecule has 0 aromatic carbocycles. The maximum atomic E-state index is 12.5.